The third kappa shape index (κ3) is 5.25. The highest BCUT2D eigenvalue weighted by molar-refractivity contribution is 7.92. The van der Waals surface area contributed by atoms with Gasteiger partial charge < -0.3 is 10.2 Å². The fourth-order valence-corrected chi connectivity index (χ4v) is 4.00. The molecule has 7 heteroatoms. The fraction of sp³-hybridized carbons (Fsp3) is 0.381. The summed E-state index contributed by atoms with van der Waals surface area (Å²) in [7, 11) is -3.31. The van der Waals surface area contributed by atoms with E-state index in [-0.39, 0.29) is 11.7 Å². The molecule has 2 aromatic rings. The van der Waals surface area contributed by atoms with Gasteiger partial charge in [-0.3, -0.25) is 9.52 Å². The molecule has 1 aliphatic rings. The van der Waals surface area contributed by atoms with Crippen molar-refractivity contribution in [2.75, 3.05) is 35.0 Å². The molecular formula is C21H27N3O3S. The summed E-state index contributed by atoms with van der Waals surface area (Å²) in [5, 5.41) is 2.94. The molecule has 0 saturated carbocycles. The van der Waals surface area contributed by atoms with E-state index in [1.165, 1.54) is 11.3 Å². The maximum Gasteiger partial charge on any atom is 0.251 e. The molecule has 0 radical (unpaired) electrons. The molecule has 0 fully saturated rings. The Balaban J connectivity index is 1.46. The first-order valence-electron chi connectivity index (χ1n) is 9.70. The molecule has 6 nitrogen and oxygen atoms in total. The number of para-hydroxylation sites is 1. The number of amides is 1. The monoisotopic (exact) mass is 401 g/mol. The number of benzene rings is 2. The third-order valence-corrected chi connectivity index (χ3v) is 6.20. The van der Waals surface area contributed by atoms with Crippen molar-refractivity contribution in [3.63, 3.8) is 0 Å². The molecule has 1 amide bonds. The first kappa shape index (κ1) is 20.2. The molecule has 1 aliphatic heterocycles. The zero-order chi connectivity index (χ0) is 20.0. The molecule has 1 heterocycles. The predicted molar refractivity (Wildman–Crippen MR) is 113 cm³/mol. The van der Waals surface area contributed by atoms with Crippen molar-refractivity contribution >= 4 is 27.3 Å². The smallest absolute Gasteiger partial charge is 0.251 e. The summed E-state index contributed by atoms with van der Waals surface area (Å²) in [6.45, 7) is 4.14. The lowest BCUT2D eigenvalue weighted by Gasteiger charge is -2.31. The molecule has 0 atom stereocenters. The van der Waals surface area contributed by atoms with Crippen LogP contribution in [0.3, 0.4) is 0 Å². The van der Waals surface area contributed by atoms with E-state index in [2.05, 4.69) is 39.2 Å². The second-order valence-corrected chi connectivity index (χ2v) is 8.92. The molecule has 0 bridgehead atoms. The second-order valence-electron chi connectivity index (χ2n) is 6.91. The van der Waals surface area contributed by atoms with E-state index in [0.29, 0.717) is 17.8 Å². The lowest BCUT2D eigenvalue weighted by Crippen LogP contribution is -2.33. The number of hydrogen-bond donors (Lipinski definition) is 2. The van der Waals surface area contributed by atoms with E-state index in [0.717, 1.165) is 32.4 Å². The Morgan fingerprint density at radius 3 is 2.61 bits per heavy atom. The van der Waals surface area contributed by atoms with Gasteiger partial charge in [-0.25, -0.2) is 8.42 Å². The van der Waals surface area contributed by atoms with Crippen LogP contribution in [0.4, 0.5) is 11.4 Å². The van der Waals surface area contributed by atoms with Crippen LogP contribution in [0.5, 0.6) is 0 Å². The van der Waals surface area contributed by atoms with Gasteiger partial charge in [-0.15, -0.1) is 0 Å². The van der Waals surface area contributed by atoms with Crippen LogP contribution in [0.25, 0.3) is 0 Å². The van der Waals surface area contributed by atoms with Crippen molar-refractivity contribution in [1.82, 2.24) is 5.32 Å². The largest absolute Gasteiger partial charge is 0.371 e. The van der Waals surface area contributed by atoms with Gasteiger partial charge in [-0.05, 0) is 62.1 Å². The van der Waals surface area contributed by atoms with Gasteiger partial charge in [0.2, 0.25) is 10.0 Å². The fourth-order valence-electron chi connectivity index (χ4n) is 3.36. The average molecular weight is 402 g/mol. The Bertz CT molecular complexity index is 911. The number of carbonyl (C=O) groups is 1. The summed E-state index contributed by atoms with van der Waals surface area (Å²) in [6.07, 6.45) is 3.17. The van der Waals surface area contributed by atoms with E-state index in [4.69, 9.17) is 0 Å². The molecule has 0 spiro atoms. The van der Waals surface area contributed by atoms with Crippen molar-refractivity contribution in [1.29, 1.82) is 0 Å². The van der Waals surface area contributed by atoms with Crippen molar-refractivity contribution in [3.05, 3.63) is 59.7 Å². The first-order valence-corrected chi connectivity index (χ1v) is 11.4. The van der Waals surface area contributed by atoms with E-state index in [1.54, 1.807) is 31.2 Å². The third-order valence-electron chi connectivity index (χ3n) is 4.90. The van der Waals surface area contributed by atoms with Gasteiger partial charge in [0.15, 0.2) is 0 Å². The Morgan fingerprint density at radius 1 is 1.11 bits per heavy atom. The molecule has 150 valence electrons. The van der Waals surface area contributed by atoms with Crippen LogP contribution in [0.2, 0.25) is 0 Å². The number of fused-ring (bicyclic) bond motifs is 1. The highest BCUT2D eigenvalue weighted by atomic mass is 32.2. The summed E-state index contributed by atoms with van der Waals surface area (Å²) in [5.74, 6) is -0.138. The molecule has 0 aliphatic carbocycles. The minimum absolute atomic E-state index is 0.0106. The Labute approximate surface area is 167 Å². The van der Waals surface area contributed by atoms with Gasteiger partial charge in [-0.1, -0.05) is 18.2 Å². The van der Waals surface area contributed by atoms with Crippen molar-refractivity contribution in [2.45, 2.75) is 26.2 Å². The molecule has 0 aromatic heterocycles. The SMILES string of the molecule is CCS(=O)(=O)Nc1ccc(C(=O)NCCCN2CCCc3ccccc32)cc1. The van der Waals surface area contributed by atoms with Crippen molar-refractivity contribution < 1.29 is 13.2 Å². The van der Waals surface area contributed by atoms with Crippen molar-refractivity contribution in [2.24, 2.45) is 0 Å². The van der Waals surface area contributed by atoms with Crippen LogP contribution >= 0.6 is 0 Å². The zero-order valence-electron chi connectivity index (χ0n) is 16.1. The topological polar surface area (TPSA) is 78.5 Å². The highest BCUT2D eigenvalue weighted by Gasteiger charge is 2.15. The minimum Gasteiger partial charge on any atom is -0.371 e. The number of aryl methyl sites for hydroxylation is 1. The van der Waals surface area contributed by atoms with Gasteiger partial charge >= 0.3 is 0 Å². The molecule has 2 N–H and O–H groups in total. The van der Waals surface area contributed by atoms with E-state index < -0.39 is 10.0 Å². The number of nitrogens with zero attached hydrogens (tertiary/aromatic N) is 1. The normalized spacial score (nSPS) is 13.7. The summed E-state index contributed by atoms with van der Waals surface area (Å²) in [4.78, 5) is 14.7. The molecular weight excluding hydrogens is 374 g/mol. The van der Waals surface area contributed by atoms with Gasteiger partial charge in [0.25, 0.3) is 5.91 Å². The quantitative estimate of drug-likeness (QED) is 0.667. The van der Waals surface area contributed by atoms with Crippen LogP contribution < -0.4 is 14.9 Å². The van der Waals surface area contributed by atoms with Gasteiger partial charge in [-0.2, -0.15) is 0 Å². The molecule has 0 saturated heterocycles. The van der Waals surface area contributed by atoms with Crippen LogP contribution in [0.15, 0.2) is 48.5 Å². The minimum atomic E-state index is -3.31. The number of nitrogens with one attached hydrogen (secondary N) is 2. The van der Waals surface area contributed by atoms with Gasteiger partial charge in [0.05, 0.1) is 5.75 Å². The summed E-state index contributed by atoms with van der Waals surface area (Å²) >= 11 is 0. The van der Waals surface area contributed by atoms with Gasteiger partial charge in [0.1, 0.15) is 0 Å². The Morgan fingerprint density at radius 2 is 1.86 bits per heavy atom. The van der Waals surface area contributed by atoms with Crippen molar-refractivity contribution in [3.8, 4) is 0 Å². The molecule has 0 unspecified atom stereocenters. The number of sulfonamides is 1. The lowest BCUT2D eigenvalue weighted by molar-refractivity contribution is 0.0953. The van der Waals surface area contributed by atoms with E-state index >= 15 is 0 Å². The maximum atomic E-state index is 12.3. The molecule has 28 heavy (non-hydrogen) atoms. The van der Waals surface area contributed by atoms with E-state index in [9.17, 15) is 13.2 Å². The zero-order valence-corrected chi connectivity index (χ0v) is 17.0. The lowest BCUT2D eigenvalue weighted by atomic mass is 10.0. The van der Waals surface area contributed by atoms with Crippen LogP contribution in [-0.2, 0) is 16.4 Å². The number of carbonyl (C=O) groups excluding carboxylic acids is 1. The summed E-state index contributed by atoms with van der Waals surface area (Å²) in [5.41, 5.74) is 3.69. The number of hydrogen-bond acceptors (Lipinski definition) is 4. The second kappa shape index (κ2) is 9.10. The Kier molecular flexibility index (Phi) is 6.57. The molecule has 3 rings (SSSR count). The summed E-state index contributed by atoms with van der Waals surface area (Å²) < 4.78 is 25.6. The maximum absolute atomic E-state index is 12.3. The number of rotatable bonds is 8. The standard InChI is InChI=1S/C21H27N3O3S/c1-2-28(26,27)23-19-12-10-18(11-13-19)21(25)22-14-6-16-24-15-5-8-17-7-3-4-9-20(17)24/h3-4,7,9-13,23H,2,5-6,8,14-16H2,1H3,(H,22,25). The highest BCUT2D eigenvalue weighted by Crippen LogP contribution is 2.26. The van der Waals surface area contributed by atoms with Crippen LogP contribution in [0.1, 0.15) is 35.7 Å². The number of anilines is 2. The van der Waals surface area contributed by atoms with Crippen LogP contribution in [0, 0.1) is 0 Å². The predicted octanol–water partition coefficient (Wildman–Crippen LogP) is 3.02. The van der Waals surface area contributed by atoms with Gasteiger partial charge in [0, 0.05) is 36.6 Å². The Hall–Kier alpha value is -2.54. The first-order chi connectivity index (χ1) is 13.5. The average Bonchev–Trinajstić information content (AvgIpc) is 2.71. The summed E-state index contributed by atoms with van der Waals surface area (Å²) in [6, 6.07) is 15.0. The molecule has 2 aromatic carbocycles. The van der Waals surface area contributed by atoms with E-state index in [1.807, 2.05) is 0 Å². The van der Waals surface area contributed by atoms with Crippen LogP contribution in [-0.4, -0.2) is 39.7 Å².